The Labute approximate surface area is 190 Å². The van der Waals surface area contributed by atoms with Gasteiger partial charge in [0.2, 0.25) is 5.91 Å². The maximum Gasteiger partial charge on any atom is 0.226 e. The van der Waals surface area contributed by atoms with Crippen molar-refractivity contribution in [3.63, 3.8) is 0 Å². The highest BCUT2D eigenvalue weighted by Gasteiger charge is 2.39. The normalized spacial score (nSPS) is 20.1. The van der Waals surface area contributed by atoms with Crippen molar-refractivity contribution in [3.8, 4) is 0 Å². The van der Waals surface area contributed by atoms with Gasteiger partial charge in [0.05, 0.1) is 10.9 Å². The second kappa shape index (κ2) is 7.27. The summed E-state index contributed by atoms with van der Waals surface area (Å²) in [7, 11) is 0. The molecule has 0 bridgehead atoms. The fourth-order valence-electron chi connectivity index (χ4n) is 5.29. The zero-order valence-electron chi connectivity index (χ0n) is 18.3. The van der Waals surface area contributed by atoms with E-state index in [4.69, 9.17) is 0 Å². The van der Waals surface area contributed by atoms with E-state index >= 15 is 0 Å². The van der Waals surface area contributed by atoms with Gasteiger partial charge in [-0.2, -0.15) is 5.10 Å². The quantitative estimate of drug-likeness (QED) is 0.498. The first-order valence-electron chi connectivity index (χ1n) is 11.3. The Morgan fingerprint density at radius 2 is 2.19 bits per heavy atom. The molecular weight excluding hydrogens is 420 g/mol. The summed E-state index contributed by atoms with van der Waals surface area (Å²) in [6.07, 6.45) is 10.1. The first-order valence-corrected chi connectivity index (χ1v) is 12.1. The first-order chi connectivity index (χ1) is 15.5. The van der Waals surface area contributed by atoms with Crippen LogP contribution in [0.4, 0.5) is 11.5 Å². The molecule has 5 heterocycles. The Bertz CT molecular complexity index is 1340. The van der Waals surface area contributed by atoms with Crippen LogP contribution in [0.5, 0.6) is 0 Å². The lowest BCUT2D eigenvalue weighted by Crippen LogP contribution is -2.46. The predicted molar refractivity (Wildman–Crippen MR) is 126 cm³/mol. The number of carbonyl (C=O) groups excluding carboxylic acids is 1. The van der Waals surface area contributed by atoms with E-state index in [1.807, 2.05) is 22.8 Å². The minimum Gasteiger partial charge on any atom is -0.339 e. The number of aromatic nitrogens is 4. The summed E-state index contributed by atoms with van der Waals surface area (Å²) in [5.41, 5.74) is 3.29. The average molecular weight is 447 g/mol. The van der Waals surface area contributed by atoms with Gasteiger partial charge in [0.15, 0.2) is 0 Å². The zero-order chi connectivity index (χ0) is 21.9. The molecule has 6 rings (SSSR count). The van der Waals surface area contributed by atoms with E-state index < -0.39 is 0 Å². The number of nitrogens with one attached hydrogen (secondary N) is 1. The molecule has 164 valence electrons. The van der Waals surface area contributed by atoms with Crippen molar-refractivity contribution in [2.24, 2.45) is 5.92 Å². The van der Waals surface area contributed by atoms with Crippen molar-refractivity contribution in [1.29, 1.82) is 0 Å². The molecule has 1 fully saturated rings. The van der Waals surface area contributed by atoms with E-state index in [1.54, 1.807) is 23.9 Å². The lowest BCUT2D eigenvalue weighted by molar-refractivity contribution is -0.139. The van der Waals surface area contributed by atoms with Crippen LogP contribution in [0.15, 0.2) is 36.9 Å². The van der Waals surface area contributed by atoms with Gasteiger partial charge in [-0.1, -0.05) is 0 Å². The van der Waals surface area contributed by atoms with E-state index in [0.717, 1.165) is 65.9 Å². The van der Waals surface area contributed by atoms with E-state index in [1.165, 1.54) is 10.4 Å². The number of likely N-dealkylation sites (tertiary alicyclic amines) is 1. The van der Waals surface area contributed by atoms with Gasteiger partial charge in [-0.3, -0.25) is 4.79 Å². The Hall–Kier alpha value is -3.00. The number of rotatable bonds is 3. The number of thiophene rings is 1. The van der Waals surface area contributed by atoms with Crippen LogP contribution in [0, 0.1) is 5.92 Å². The van der Waals surface area contributed by atoms with Crippen LogP contribution >= 0.6 is 11.3 Å². The number of fused-ring (bicyclic) bond motifs is 4. The highest BCUT2D eigenvalue weighted by Crippen LogP contribution is 2.41. The van der Waals surface area contributed by atoms with Crippen LogP contribution in [-0.2, 0) is 17.6 Å². The molecule has 0 unspecified atom stereocenters. The summed E-state index contributed by atoms with van der Waals surface area (Å²) < 4.78 is 1.84. The van der Waals surface area contributed by atoms with Crippen molar-refractivity contribution >= 4 is 44.5 Å². The van der Waals surface area contributed by atoms with Crippen LogP contribution in [0.25, 0.3) is 15.7 Å². The minimum absolute atomic E-state index is 0.0172. The van der Waals surface area contributed by atoms with Crippen molar-refractivity contribution in [2.75, 3.05) is 11.9 Å². The third-order valence-corrected chi connectivity index (χ3v) is 8.19. The summed E-state index contributed by atoms with van der Waals surface area (Å²) >= 11 is 1.72. The summed E-state index contributed by atoms with van der Waals surface area (Å²) in [6.45, 7) is 5.28. The van der Waals surface area contributed by atoms with Gasteiger partial charge in [0, 0.05) is 41.0 Å². The van der Waals surface area contributed by atoms with Crippen molar-refractivity contribution in [3.05, 3.63) is 47.4 Å². The van der Waals surface area contributed by atoms with Gasteiger partial charge < -0.3 is 10.2 Å². The van der Waals surface area contributed by atoms with Gasteiger partial charge >= 0.3 is 0 Å². The standard InChI is InChI=1S/C24H26N6OS/c1-24(2)8-3-10-29(24)23(31)15-4-5-18-19(12-15)32-22-20(18)21(25-14-26-22)28-16-7-11-30-17(13-16)6-9-27-30/h6-7,9,11,13-15H,3-5,8,10,12H2,1-2H3,(H,25,26,28)/t15-/m0/s1. The molecule has 4 aromatic rings. The number of hydrogen-bond donors (Lipinski definition) is 1. The largest absolute Gasteiger partial charge is 0.339 e. The molecule has 4 aromatic heterocycles. The number of anilines is 2. The lowest BCUT2D eigenvalue weighted by Gasteiger charge is -2.35. The van der Waals surface area contributed by atoms with Crippen molar-refractivity contribution in [2.45, 2.75) is 51.5 Å². The molecule has 0 aromatic carbocycles. The Kier molecular flexibility index (Phi) is 4.47. The van der Waals surface area contributed by atoms with Gasteiger partial charge in [-0.05, 0) is 69.7 Å². The fraction of sp³-hybridized carbons (Fsp3) is 0.417. The monoisotopic (exact) mass is 446 g/mol. The smallest absolute Gasteiger partial charge is 0.226 e. The minimum atomic E-state index is -0.0172. The number of carbonyl (C=O) groups is 1. The number of hydrogen-bond acceptors (Lipinski definition) is 6. The van der Waals surface area contributed by atoms with E-state index in [9.17, 15) is 4.79 Å². The van der Waals surface area contributed by atoms with Crippen molar-refractivity contribution < 1.29 is 4.79 Å². The summed E-state index contributed by atoms with van der Waals surface area (Å²) in [5.74, 6) is 1.23. The van der Waals surface area contributed by atoms with E-state index in [0.29, 0.717) is 5.91 Å². The number of amides is 1. The molecule has 2 aliphatic rings. The van der Waals surface area contributed by atoms with Gasteiger partial charge in [0.1, 0.15) is 17.0 Å². The molecule has 7 nitrogen and oxygen atoms in total. The molecule has 1 amide bonds. The third kappa shape index (κ3) is 3.16. The van der Waals surface area contributed by atoms with E-state index in [-0.39, 0.29) is 11.5 Å². The molecule has 0 saturated carbocycles. The molecule has 1 aliphatic carbocycles. The van der Waals surface area contributed by atoms with Gasteiger partial charge in [-0.25, -0.2) is 14.5 Å². The van der Waals surface area contributed by atoms with Crippen LogP contribution in [0.3, 0.4) is 0 Å². The highest BCUT2D eigenvalue weighted by molar-refractivity contribution is 7.19. The van der Waals surface area contributed by atoms with E-state index in [2.05, 4.69) is 45.2 Å². The summed E-state index contributed by atoms with van der Waals surface area (Å²) in [6, 6.07) is 6.04. The molecule has 1 atom stereocenters. The van der Waals surface area contributed by atoms with Crippen LogP contribution < -0.4 is 5.32 Å². The first kappa shape index (κ1) is 19.7. The molecule has 8 heteroatoms. The fourth-order valence-corrected chi connectivity index (χ4v) is 6.56. The highest BCUT2D eigenvalue weighted by atomic mass is 32.1. The number of aryl methyl sites for hydroxylation is 1. The molecule has 0 spiro atoms. The Morgan fingerprint density at radius 1 is 1.28 bits per heavy atom. The van der Waals surface area contributed by atoms with Crippen LogP contribution in [0.2, 0.25) is 0 Å². The lowest BCUT2D eigenvalue weighted by atomic mass is 9.86. The Balaban J connectivity index is 1.31. The number of nitrogens with zero attached hydrogens (tertiary/aromatic N) is 5. The topological polar surface area (TPSA) is 75.4 Å². The van der Waals surface area contributed by atoms with Gasteiger partial charge in [0.25, 0.3) is 0 Å². The maximum absolute atomic E-state index is 13.3. The molecule has 1 N–H and O–H groups in total. The molecule has 32 heavy (non-hydrogen) atoms. The average Bonchev–Trinajstić information content (AvgIpc) is 3.48. The molecular formula is C24H26N6OS. The van der Waals surface area contributed by atoms with Crippen LogP contribution in [0.1, 0.15) is 43.6 Å². The second-order valence-corrected chi connectivity index (χ2v) is 10.6. The maximum atomic E-state index is 13.3. The Morgan fingerprint density at radius 3 is 3.03 bits per heavy atom. The zero-order valence-corrected chi connectivity index (χ0v) is 19.2. The SMILES string of the molecule is CC1(C)CCCN1C(=O)[C@H]1CCc2c(sc3ncnc(Nc4ccn5nccc5c4)c23)C1. The predicted octanol–water partition coefficient (Wildman–Crippen LogP) is 4.59. The molecule has 0 radical (unpaired) electrons. The van der Waals surface area contributed by atoms with Crippen molar-refractivity contribution in [1.82, 2.24) is 24.5 Å². The molecule has 1 aliphatic heterocycles. The summed E-state index contributed by atoms with van der Waals surface area (Å²) in [4.78, 5) is 26.9. The number of pyridine rings is 1. The third-order valence-electron chi connectivity index (χ3n) is 7.02. The second-order valence-electron chi connectivity index (χ2n) is 9.49. The van der Waals surface area contributed by atoms with Crippen LogP contribution in [-0.4, -0.2) is 42.5 Å². The van der Waals surface area contributed by atoms with Gasteiger partial charge in [-0.15, -0.1) is 11.3 Å². The molecule has 1 saturated heterocycles. The summed E-state index contributed by atoms with van der Waals surface area (Å²) in [5, 5.41) is 8.86.